The summed E-state index contributed by atoms with van der Waals surface area (Å²) in [5, 5.41) is 7.34. The second-order valence-electron chi connectivity index (χ2n) is 6.25. The molecule has 1 atom stereocenters. The highest BCUT2D eigenvalue weighted by Crippen LogP contribution is 2.18. The van der Waals surface area contributed by atoms with Crippen molar-refractivity contribution in [2.75, 3.05) is 25.1 Å². The highest BCUT2D eigenvalue weighted by Gasteiger charge is 2.20. The summed E-state index contributed by atoms with van der Waals surface area (Å²) < 4.78 is 17.8. The number of nitrogens with one attached hydrogen (secondary N) is 2. The molecule has 2 heterocycles. The molecule has 2 amide bonds. The summed E-state index contributed by atoms with van der Waals surface area (Å²) in [7, 11) is -0.954. The maximum Gasteiger partial charge on any atom is 0.261 e. The molecule has 1 saturated heterocycles. The van der Waals surface area contributed by atoms with E-state index in [0.717, 1.165) is 18.4 Å². The van der Waals surface area contributed by atoms with Crippen LogP contribution in [-0.2, 0) is 26.1 Å². The predicted molar refractivity (Wildman–Crippen MR) is 107 cm³/mol. The van der Waals surface area contributed by atoms with Crippen LogP contribution in [0.15, 0.2) is 41.8 Å². The standard InChI is InChI=1S/C19H22N2O4S2/c22-18(12-20-19(23)17-5-2-10-26-17)21-15-4-1-3-14(11-15)13-27(24)16-6-8-25-9-7-16/h1-5,10-11,16H,6-9,12-13H2,(H,20,23)(H,21,22). The number of hydrogen-bond acceptors (Lipinski definition) is 5. The van der Waals surface area contributed by atoms with Gasteiger partial charge in [0.15, 0.2) is 0 Å². The van der Waals surface area contributed by atoms with Crippen molar-refractivity contribution in [2.45, 2.75) is 23.8 Å². The Morgan fingerprint density at radius 1 is 1.19 bits per heavy atom. The second-order valence-corrected chi connectivity index (χ2v) is 8.91. The van der Waals surface area contributed by atoms with Gasteiger partial charge >= 0.3 is 0 Å². The lowest BCUT2D eigenvalue weighted by atomic mass is 10.2. The molecule has 1 aliphatic heterocycles. The van der Waals surface area contributed by atoms with Crippen LogP contribution in [0.25, 0.3) is 0 Å². The predicted octanol–water partition coefficient (Wildman–Crippen LogP) is 2.54. The molecule has 0 bridgehead atoms. The largest absolute Gasteiger partial charge is 0.381 e. The maximum atomic E-state index is 12.5. The van der Waals surface area contributed by atoms with Crippen LogP contribution in [0.4, 0.5) is 5.69 Å². The molecule has 1 fully saturated rings. The Morgan fingerprint density at radius 2 is 2.00 bits per heavy atom. The zero-order valence-electron chi connectivity index (χ0n) is 14.8. The molecule has 8 heteroatoms. The molecule has 2 N–H and O–H groups in total. The Balaban J connectivity index is 1.50. The molecule has 6 nitrogen and oxygen atoms in total. The normalized spacial score (nSPS) is 15.9. The van der Waals surface area contributed by atoms with E-state index in [9.17, 15) is 13.8 Å². The van der Waals surface area contributed by atoms with Crippen LogP contribution in [0.1, 0.15) is 28.1 Å². The van der Waals surface area contributed by atoms with Gasteiger partial charge in [-0.1, -0.05) is 18.2 Å². The van der Waals surface area contributed by atoms with E-state index in [1.165, 1.54) is 11.3 Å². The fourth-order valence-corrected chi connectivity index (χ4v) is 4.92. The summed E-state index contributed by atoms with van der Waals surface area (Å²) >= 11 is 1.33. The summed E-state index contributed by atoms with van der Waals surface area (Å²) in [5.41, 5.74) is 1.55. The van der Waals surface area contributed by atoms with E-state index in [0.29, 0.717) is 29.5 Å². The van der Waals surface area contributed by atoms with Gasteiger partial charge in [0.1, 0.15) is 0 Å². The topological polar surface area (TPSA) is 84.5 Å². The molecule has 1 aromatic carbocycles. The third kappa shape index (κ3) is 5.98. The Labute approximate surface area is 164 Å². The van der Waals surface area contributed by atoms with Crippen molar-refractivity contribution in [1.82, 2.24) is 5.32 Å². The van der Waals surface area contributed by atoms with Crippen molar-refractivity contribution < 1.29 is 18.5 Å². The van der Waals surface area contributed by atoms with Crippen molar-refractivity contribution in [1.29, 1.82) is 0 Å². The van der Waals surface area contributed by atoms with Crippen molar-refractivity contribution in [2.24, 2.45) is 0 Å². The van der Waals surface area contributed by atoms with Crippen molar-refractivity contribution in [3.63, 3.8) is 0 Å². The third-order valence-corrected chi connectivity index (χ3v) is 6.92. The molecule has 0 radical (unpaired) electrons. The van der Waals surface area contributed by atoms with E-state index in [4.69, 9.17) is 4.74 Å². The minimum absolute atomic E-state index is 0.102. The van der Waals surface area contributed by atoms with Gasteiger partial charge in [-0.15, -0.1) is 11.3 Å². The monoisotopic (exact) mass is 406 g/mol. The summed E-state index contributed by atoms with van der Waals surface area (Å²) in [4.78, 5) is 24.5. The zero-order chi connectivity index (χ0) is 19.1. The highest BCUT2D eigenvalue weighted by molar-refractivity contribution is 7.84. The van der Waals surface area contributed by atoms with Crippen LogP contribution in [0, 0.1) is 0 Å². The van der Waals surface area contributed by atoms with Gasteiger partial charge in [-0.05, 0) is 42.0 Å². The number of rotatable bonds is 7. The molecule has 0 spiro atoms. The van der Waals surface area contributed by atoms with Crippen molar-refractivity contribution >= 4 is 39.6 Å². The first kappa shape index (κ1) is 19.7. The lowest BCUT2D eigenvalue weighted by Crippen LogP contribution is -2.32. The maximum absolute atomic E-state index is 12.5. The first-order valence-corrected chi connectivity index (χ1v) is 11.0. The van der Waals surface area contributed by atoms with Gasteiger partial charge in [0, 0.05) is 40.7 Å². The van der Waals surface area contributed by atoms with Gasteiger partial charge in [-0.25, -0.2) is 0 Å². The Kier molecular flexibility index (Phi) is 7.14. The molecule has 3 rings (SSSR count). The van der Waals surface area contributed by atoms with Gasteiger partial charge < -0.3 is 15.4 Å². The Bertz CT molecular complexity index is 802. The lowest BCUT2D eigenvalue weighted by Gasteiger charge is -2.21. The number of carbonyl (C=O) groups excluding carboxylic acids is 2. The molecular formula is C19H22N2O4S2. The molecule has 0 saturated carbocycles. The number of ether oxygens (including phenoxy) is 1. The number of anilines is 1. The molecule has 1 aliphatic rings. The van der Waals surface area contributed by atoms with E-state index in [1.54, 1.807) is 18.2 Å². The lowest BCUT2D eigenvalue weighted by molar-refractivity contribution is -0.115. The average Bonchev–Trinajstić information content (AvgIpc) is 3.22. The molecule has 1 unspecified atom stereocenters. The highest BCUT2D eigenvalue weighted by atomic mass is 32.2. The third-order valence-electron chi connectivity index (χ3n) is 4.21. The number of thiophene rings is 1. The van der Waals surface area contributed by atoms with E-state index in [2.05, 4.69) is 10.6 Å². The molecule has 144 valence electrons. The first-order chi connectivity index (χ1) is 13.1. The fourth-order valence-electron chi connectivity index (χ4n) is 2.82. The molecule has 27 heavy (non-hydrogen) atoms. The van der Waals surface area contributed by atoms with Crippen molar-refractivity contribution in [3.05, 3.63) is 52.2 Å². The van der Waals surface area contributed by atoms with Gasteiger partial charge in [-0.3, -0.25) is 13.8 Å². The number of carbonyl (C=O) groups is 2. The van der Waals surface area contributed by atoms with Crippen LogP contribution in [0.5, 0.6) is 0 Å². The summed E-state index contributed by atoms with van der Waals surface area (Å²) in [5.74, 6) is -0.105. The smallest absolute Gasteiger partial charge is 0.261 e. The number of benzene rings is 1. The molecule has 1 aromatic heterocycles. The van der Waals surface area contributed by atoms with Crippen LogP contribution in [-0.4, -0.2) is 41.0 Å². The zero-order valence-corrected chi connectivity index (χ0v) is 16.4. The summed E-state index contributed by atoms with van der Waals surface area (Å²) in [6.07, 6.45) is 1.65. The number of amides is 2. The summed E-state index contributed by atoms with van der Waals surface area (Å²) in [6, 6.07) is 10.8. The van der Waals surface area contributed by atoms with Gasteiger partial charge in [0.25, 0.3) is 5.91 Å². The van der Waals surface area contributed by atoms with Crippen LogP contribution >= 0.6 is 11.3 Å². The van der Waals surface area contributed by atoms with E-state index < -0.39 is 10.8 Å². The molecule has 0 aliphatic carbocycles. The van der Waals surface area contributed by atoms with Crippen LogP contribution < -0.4 is 10.6 Å². The quantitative estimate of drug-likeness (QED) is 0.740. The number of hydrogen-bond donors (Lipinski definition) is 2. The Hall–Kier alpha value is -2.03. The van der Waals surface area contributed by atoms with Gasteiger partial charge in [-0.2, -0.15) is 0 Å². The average molecular weight is 407 g/mol. The minimum Gasteiger partial charge on any atom is -0.381 e. The fraction of sp³-hybridized carbons (Fsp3) is 0.368. The van der Waals surface area contributed by atoms with E-state index in [1.807, 2.05) is 23.6 Å². The van der Waals surface area contributed by atoms with Crippen molar-refractivity contribution in [3.8, 4) is 0 Å². The molecular weight excluding hydrogens is 384 g/mol. The van der Waals surface area contributed by atoms with E-state index >= 15 is 0 Å². The van der Waals surface area contributed by atoms with Crippen LogP contribution in [0.3, 0.4) is 0 Å². The SMILES string of the molecule is O=C(CNC(=O)c1cccs1)Nc1cccc(CS(=O)C2CCOCC2)c1. The summed E-state index contributed by atoms with van der Waals surface area (Å²) in [6.45, 7) is 1.24. The minimum atomic E-state index is -0.954. The Morgan fingerprint density at radius 3 is 2.74 bits per heavy atom. The second kappa shape index (κ2) is 9.77. The van der Waals surface area contributed by atoms with Gasteiger partial charge in [0.05, 0.1) is 11.4 Å². The van der Waals surface area contributed by atoms with Gasteiger partial charge in [0.2, 0.25) is 5.91 Å². The first-order valence-electron chi connectivity index (χ1n) is 8.77. The molecule has 2 aromatic rings. The van der Waals surface area contributed by atoms with Crippen LogP contribution in [0.2, 0.25) is 0 Å². The van der Waals surface area contributed by atoms with E-state index in [-0.39, 0.29) is 23.6 Å².